The molecule has 0 spiro atoms. The highest BCUT2D eigenvalue weighted by atomic mass is 32.2. The summed E-state index contributed by atoms with van der Waals surface area (Å²) in [6.45, 7) is -0.170. The summed E-state index contributed by atoms with van der Waals surface area (Å²) in [6.07, 6.45) is -6.05. The number of sulfonamides is 1. The van der Waals surface area contributed by atoms with Gasteiger partial charge >= 0.3 is 6.18 Å². The Morgan fingerprint density at radius 3 is 1.86 bits per heavy atom. The fraction of sp³-hybridized carbons (Fsp3) is 0.375. The number of methoxy groups -OCH3 is 2. The van der Waals surface area contributed by atoms with Crippen LogP contribution in [0.25, 0.3) is 0 Å². The topological polar surface area (TPSA) is 97.1 Å². The van der Waals surface area contributed by atoms with Crippen LogP contribution >= 0.6 is 0 Å². The quantitative estimate of drug-likeness (QED) is 0.352. The molecular formula is C24H29F3N4O5S. The van der Waals surface area contributed by atoms with Gasteiger partial charge in [0.05, 0.1) is 20.8 Å². The summed E-state index contributed by atoms with van der Waals surface area (Å²) in [5.41, 5.74) is 1.44. The van der Waals surface area contributed by atoms with Gasteiger partial charge in [-0.15, -0.1) is 0 Å². The second kappa shape index (κ2) is 11.9. The minimum atomic E-state index is -4.79. The number of benzene rings is 2. The molecule has 0 saturated carbocycles. The second-order valence-electron chi connectivity index (χ2n) is 8.28. The summed E-state index contributed by atoms with van der Waals surface area (Å²) >= 11 is 0. The van der Waals surface area contributed by atoms with E-state index in [2.05, 4.69) is 5.10 Å². The molecule has 3 aromatic rings. The van der Waals surface area contributed by atoms with E-state index >= 15 is 0 Å². The zero-order valence-corrected chi connectivity index (χ0v) is 21.4. The van der Waals surface area contributed by atoms with Crippen LogP contribution in [0.4, 0.5) is 13.2 Å². The van der Waals surface area contributed by atoms with Crippen molar-refractivity contribution in [1.29, 1.82) is 0 Å². The smallest absolute Gasteiger partial charge is 0.428 e. The summed E-state index contributed by atoms with van der Waals surface area (Å²) in [5.74, 6) is 1.26. The highest BCUT2D eigenvalue weighted by molar-refractivity contribution is 7.89. The Bertz CT molecular complexity index is 1200. The van der Waals surface area contributed by atoms with Gasteiger partial charge in [-0.3, -0.25) is 9.58 Å². The van der Waals surface area contributed by atoms with E-state index in [4.69, 9.17) is 9.47 Å². The number of aliphatic hydroxyl groups is 1. The first-order chi connectivity index (χ1) is 17.4. The molecule has 0 radical (unpaired) electrons. The van der Waals surface area contributed by atoms with Crippen LogP contribution in [0.5, 0.6) is 11.5 Å². The van der Waals surface area contributed by atoms with Crippen LogP contribution in [-0.2, 0) is 29.7 Å². The van der Waals surface area contributed by atoms with Crippen molar-refractivity contribution in [2.75, 3.05) is 27.8 Å². The average molecular weight is 543 g/mol. The molecule has 0 fully saturated rings. The highest BCUT2D eigenvalue weighted by Crippen LogP contribution is 2.24. The zero-order valence-electron chi connectivity index (χ0n) is 20.6. The Morgan fingerprint density at radius 2 is 1.43 bits per heavy atom. The Balaban J connectivity index is 1.82. The third-order valence-corrected chi connectivity index (χ3v) is 7.33. The summed E-state index contributed by atoms with van der Waals surface area (Å²) in [7, 11) is 0.0958. The van der Waals surface area contributed by atoms with E-state index in [0.717, 1.165) is 18.2 Å². The molecule has 37 heavy (non-hydrogen) atoms. The van der Waals surface area contributed by atoms with Gasteiger partial charge < -0.3 is 14.6 Å². The third kappa shape index (κ3) is 7.44. The van der Waals surface area contributed by atoms with Crippen molar-refractivity contribution >= 4 is 10.0 Å². The molecule has 0 bridgehead atoms. The van der Waals surface area contributed by atoms with E-state index in [-0.39, 0.29) is 31.2 Å². The molecule has 9 nitrogen and oxygen atoms in total. The van der Waals surface area contributed by atoms with Gasteiger partial charge in [-0.2, -0.15) is 22.6 Å². The number of hydrogen-bond donors (Lipinski definition) is 1. The summed E-state index contributed by atoms with van der Waals surface area (Å²) in [5, 5.41) is 13.2. The van der Waals surface area contributed by atoms with E-state index < -0.39 is 22.4 Å². The lowest BCUT2D eigenvalue weighted by atomic mass is 10.2. The first kappa shape index (κ1) is 28.4. The number of ether oxygens (including phenoxy) is 2. The molecule has 0 aliphatic heterocycles. The van der Waals surface area contributed by atoms with Crippen molar-refractivity contribution in [1.82, 2.24) is 19.0 Å². The summed E-state index contributed by atoms with van der Waals surface area (Å²) < 4.78 is 78.1. The largest absolute Gasteiger partial charge is 0.497 e. The van der Waals surface area contributed by atoms with Crippen LogP contribution in [0.3, 0.4) is 0 Å². The molecule has 1 unspecified atom stereocenters. The van der Waals surface area contributed by atoms with E-state index in [1.54, 1.807) is 48.5 Å². The van der Waals surface area contributed by atoms with E-state index in [0.29, 0.717) is 16.4 Å². The molecule has 3 rings (SSSR count). The van der Waals surface area contributed by atoms with Gasteiger partial charge in [-0.1, -0.05) is 24.3 Å². The fourth-order valence-corrected chi connectivity index (χ4v) is 4.81. The molecule has 0 amide bonds. The zero-order chi connectivity index (χ0) is 27.2. The van der Waals surface area contributed by atoms with Gasteiger partial charge in [-0.05, 0) is 48.5 Å². The lowest BCUT2D eigenvalue weighted by Crippen LogP contribution is -2.44. The number of alkyl halides is 3. The standard InChI is InChI=1S/C24H29F3N4O5S/c1-29(23(32)24(25,26)27)14-15-30-13-12-22(28-30)37(33,34)31(16-18-4-8-20(35-2)9-5-18)17-19-6-10-21(36-3)11-7-19/h4-13,23,32H,14-17H2,1-3H3. The third-order valence-electron chi connectivity index (χ3n) is 5.65. The number of rotatable bonds is 12. The Kier molecular flexibility index (Phi) is 9.18. The van der Waals surface area contributed by atoms with Crippen molar-refractivity contribution in [3.63, 3.8) is 0 Å². The van der Waals surface area contributed by atoms with Crippen molar-refractivity contribution in [2.24, 2.45) is 0 Å². The van der Waals surface area contributed by atoms with Gasteiger partial charge in [0, 0.05) is 25.8 Å². The van der Waals surface area contributed by atoms with Crippen molar-refractivity contribution in [3.8, 4) is 11.5 Å². The predicted octanol–water partition coefficient (Wildman–Crippen LogP) is 3.10. The van der Waals surface area contributed by atoms with Gasteiger partial charge in [0.1, 0.15) is 11.5 Å². The predicted molar refractivity (Wildman–Crippen MR) is 129 cm³/mol. The van der Waals surface area contributed by atoms with E-state index in [9.17, 15) is 26.7 Å². The molecule has 0 aliphatic carbocycles. The minimum absolute atomic E-state index is 0.0474. The first-order valence-corrected chi connectivity index (χ1v) is 12.6. The molecule has 1 aromatic heterocycles. The van der Waals surface area contributed by atoms with E-state index in [1.165, 1.54) is 35.5 Å². The monoisotopic (exact) mass is 542 g/mol. The van der Waals surface area contributed by atoms with Crippen molar-refractivity contribution in [2.45, 2.75) is 37.1 Å². The van der Waals surface area contributed by atoms with Crippen LogP contribution in [0.1, 0.15) is 11.1 Å². The van der Waals surface area contributed by atoms with Crippen LogP contribution in [0, 0.1) is 0 Å². The van der Waals surface area contributed by atoms with Crippen LogP contribution in [0.2, 0.25) is 0 Å². The van der Waals surface area contributed by atoms with Crippen LogP contribution in [0.15, 0.2) is 65.8 Å². The SMILES string of the molecule is COc1ccc(CN(Cc2ccc(OC)cc2)S(=O)(=O)c2ccn(CCN(C)C(O)C(F)(F)F)n2)cc1. The van der Waals surface area contributed by atoms with Crippen molar-refractivity contribution in [3.05, 3.63) is 71.9 Å². The molecule has 0 aliphatic rings. The normalized spacial score (nSPS) is 13.2. The highest BCUT2D eigenvalue weighted by Gasteiger charge is 2.41. The van der Waals surface area contributed by atoms with Gasteiger partial charge in [0.25, 0.3) is 10.0 Å². The molecule has 0 saturated heterocycles. The van der Waals surface area contributed by atoms with E-state index in [1.807, 2.05) is 0 Å². The van der Waals surface area contributed by atoms with Gasteiger partial charge in [0.2, 0.25) is 6.23 Å². The number of aromatic nitrogens is 2. The fourth-order valence-electron chi connectivity index (χ4n) is 3.46. The number of likely N-dealkylation sites (N-methyl/N-ethyl adjacent to an activating group) is 1. The van der Waals surface area contributed by atoms with Gasteiger partial charge in [0.15, 0.2) is 5.03 Å². The Hall–Kier alpha value is -3.13. The molecule has 1 atom stereocenters. The minimum Gasteiger partial charge on any atom is -0.497 e. The number of halogens is 3. The lowest BCUT2D eigenvalue weighted by Gasteiger charge is -2.25. The molecule has 2 aromatic carbocycles. The summed E-state index contributed by atoms with van der Waals surface area (Å²) in [4.78, 5) is 0.704. The van der Waals surface area contributed by atoms with Crippen LogP contribution in [-0.4, -0.2) is 72.7 Å². The average Bonchev–Trinajstić information content (AvgIpc) is 3.37. The molecule has 1 heterocycles. The lowest BCUT2D eigenvalue weighted by molar-refractivity contribution is -0.246. The maximum atomic E-state index is 13.6. The first-order valence-electron chi connectivity index (χ1n) is 11.2. The molecule has 202 valence electrons. The van der Waals surface area contributed by atoms with Crippen LogP contribution < -0.4 is 9.47 Å². The maximum Gasteiger partial charge on any atom is 0.428 e. The molecule has 1 N–H and O–H groups in total. The number of hydrogen-bond acceptors (Lipinski definition) is 7. The second-order valence-corrected chi connectivity index (χ2v) is 10.2. The number of nitrogens with zero attached hydrogens (tertiary/aromatic N) is 4. The molecule has 13 heteroatoms. The van der Waals surface area contributed by atoms with Crippen molar-refractivity contribution < 1.29 is 36.2 Å². The summed E-state index contributed by atoms with van der Waals surface area (Å²) in [6, 6.07) is 15.3. The Morgan fingerprint density at radius 1 is 0.946 bits per heavy atom. The number of aliphatic hydroxyl groups excluding tert-OH is 1. The Labute approximate surface area is 213 Å². The maximum absolute atomic E-state index is 13.6. The molecular weight excluding hydrogens is 513 g/mol. The van der Waals surface area contributed by atoms with Gasteiger partial charge in [-0.25, -0.2) is 8.42 Å².